The van der Waals surface area contributed by atoms with Crippen molar-refractivity contribution in [3.8, 4) is 11.5 Å². The van der Waals surface area contributed by atoms with E-state index < -0.39 is 72.0 Å². The van der Waals surface area contributed by atoms with Crippen LogP contribution in [0.1, 0.15) is 16.7 Å². The molecule has 0 unspecified atom stereocenters. The number of benzene rings is 3. The normalized spacial score (nSPS) is 13.2. The number of anilines is 1. The minimum atomic E-state index is -5.34. The fourth-order valence-electron chi connectivity index (χ4n) is 3.65. The summed E-state index contributed by atoms with van der Waals surface area (Å²) in [4.78, 5) is 1.54. The molecule has 0 atom stereocenters. The molecule has 0 fully saturated rings. The highest BCUT2D eigenvalue weighted by Gasteiger charge is 2.44. The molecule has 0 bridgehead atoms. The molecule has 0 aliphatic rings. The number of fused-ring (bicyclic) bond motifs is 1. The van der Waals surface area contributed by atoms with Crippen molar-refractivity contribution in [2.24, 2.45) is 0 Å². The van der Waals surface area contributed by atoms with Gasteiger partial charge in [-0.2, -0.15) is 39.5 Å². The highest BCUT2D eigenvalue weighted by atomic mass is 32.2. The maximum atomic E-state index is 13.6. The number of halogens is 9. The number of nitrogens with one attached hydrogen (secondary N) is 1. The second kappa shape index (κ2) is 8.85. The number of H-pyrrole nitrogens is 1. The zero-order valence-electron chi connectivity index (χ0n) is 18.4. The van der Waals surface area contributed by atoms with Crippen LogP contribution in [0.4, 0.5) is 45.2 Å². The highest BCUT2D eigenvalue weighted by Crippen LogP contribution is 2.48. The molecule has 3 N–H and O–H groups in total. The van der Waals surface area contributed by atoms with Crippen LogP contribution in [0.3, 0.4) is 0 Å². The van der Waals surface area contributed by atoms with Gasteiger partial charge in [-0.3, -0.25) is 0 Å². The van der Waals surface area contributed by atoms with E-state index in [2.05, 4.69) is 4.98 Å². The molecule has 4 aromatic rings. The zero-order valence-corrected chi connectivity index (χ0v) is 19.2. The number of aromatic nitrogens is 1. The first-order chi connectivity index (χ1) is 17.4. The largest absolute Gasteiger partial charge is 0.456 e. The van der Waals surface area contributed by atoms with Crippen molar-refractivity contribution in [3.63, 3.8) is 0 Å². The molecular weight excluding hydrogens is 555 g/mol. The maximum Gasteiger partial charge on any atom is 0.421 e. The predicted molar refractivity (Wildman–Crippen MR) is 116 cm³/mol. The summed E-state index contributed by atoms with van der Waals surface area (Å²) >= 11 is 0. The van der Waals surface area contributed by atoms with Crippen LogP contribution in [-0.2, 0) is 28.4 Å². The molecule has 0 spiro atoms. The van der Waals surface area contributed by atoms with Crippen LogP contribution in [0.15, 0.2) is 70.6 Å². The molecule has 0 saturated carbocycles. The molecule has 0 amide bonds. The summed E-state index contributed by atoms with van der Waals surface area (Å²) in [5.74, 6) is -2.23. The summed E-state index contributed by atoms with van der Waals surface area (Å²) in [6.45, 7) is 0. The van der Waals surface area contributed by atoms with Crippen LogP contribution < -0.4 is 10.5 Å². The van der Waals surface area contributed by atoms with E-state index in [1.165, 1.54) is 0 Å². The van der Waals surface area contributed by atoms with Gasteiger partial charge in [0.25, 0.3) is 0 Å². The number of sulfone groups is 1. The molecule has 1 aromatic heterocycles. The molecule has 0 saturated heterocycles. The Kier molecular flexibility index (Phi) is 6.33. The Balaban J connectivity index is 1.83. The molecule has 0 radical (unpaired) electrons. The Hall–Kier alpha value is -3.88. The first-order valence-electron chi connectivity index (χ1n) is 10.2. The van der Waals surface area contributed by atoms with Gasteiger partial charge in [0.2, 0.25) is 9.84 Å². The molecule has 1 heterocycles. The number of ether oxygens (including phenoxy) is 1. The third-order valence-electron chi connectivity index (χ3n) is 5.40. The van der Waals surface area contributed by atoms with E-state index in [9.17, 15) is 47.9 Å². The van der Waals surface area contributed by atoms with Crippen molar-refractivity contribution in [3.05, 3.63) is 77.5 Å². The lowest BCUT2D eigenvalue weighted by molar-refractivity contribution is -0.144. The van der Waals surface area contributed by atoms with Crippen LogP contribution in [-0.4, -0.2) is 13.4 Å². The zero-order chi connectivity index (χ0) is 28.3. The van der Waals surface area contributed by atoms with Gasteiger partial charge in [-0.05, 0) is 54.6 Å². The Morgan fingerprint density at radius 1 is 0.763 bits per heavy atom. The standard InChI is InChI=1S/C23H13F9N2O3S/c24-21(25,26)11-1-4-13(5-2-11)38(35,36)18-10-34-17-8-3-12(9-14(17)18)37-20-15(22(27,28)29)6-7-16(33)19(20)23(30,31)32/h1-10,34H,33H2. The number of hydrogen-bond acceptors (Lipinski definition) is 4. The molecule has 38 heavy (non-hydrogen) atoms. The summed E-state index contributed by atoms with van der Waals surface area (Å²) in [5.41, 5.74) is -0.377. The van der Waals surface area contributed by atoms with Crippen molar-refractivity contribution in [2.45, 2.75) is 28.3 Å². The number of nitrogens with two attached hydrogens (primary N) is 1. The number of hydrogen-bond donors (Lipinski definition) is 2. The van der Waals surface area contributed by atoms with E-state index in [4.69, 9.17) is 10.5 Å². The van der Waals surface area contributed by atoms with Gasteiger partial charge in [0.15, 0.2) is 5.75 Å². The van der Waals surface area contributed by atoms with Gasteiger partial charge >= 0.3 is 18.5 Å². The van der Waals surface area contributed by atoms with Crippen molar-refractivity contribution < 1.29 is 52.7 Å². The van der Waals surface area contributed by atoms with Crippen molar-refractivity contribution >= 4 is 26.4 Å². The van der Waals surface area contributed by atoms with Gasteiger partial charge in [0.05, 0.1) is 20.9 Å². The Morgan fingerprint density at radius 3 is 1.95 bits per heavy atom. The monoisotopic (exact) mass is 568 g/mol. The van der Waals surface area contributed by atoms with Gasteiger partial charge in [0.1, 0.15) is 11.3 Å². The molecule has 0 aliphatic heterocycles. The smallest absolute Gasteiger partial charge is 0.421 e. The average Bonchev–Trinajstić information content (AvgIpc) is 3.21. The van der Waals surface area contributed by atoms with Crippen LogP contribution in [0.2, 0.25) is 0 Å². The van der Waals surface area contributed by atoms with E-state index in [-0.39, 0.29) is 10.9 Å². The van der Waals surface area contributed by atoms with E-state index >= 15 is 0 Å². The molecule has 4 rings (SSSR count). The van der Waals surface area contributed by atoms with Gasteiger partial charge in [0, 0.05) is 22.8 Å². The first kappa shape index (κ1) is 27.2. The molecule has 15 heteroatoms. The summed E-state index contributed by atoms with van der Waals surface area (Å²) in [5, 5.41) is -0.201. The summed E-state index contributed by atoms with van der Waals surface area (Å²) in [7, 11) is -4.48. The number of alkyl halides is 9. The highest BCUT2D eigenvalue weighted by molar-refractivity contribution is 7.91. The Bertz CT molecular complexity index is 1620. The van der Waals surface area contributed by atoms with Gasteiger partial charge in [-0.25, -0.2) is 8.42 Å². The SMILES string of the molecule is Nc1ccc(C(F)(F)F)c(Oc2ccc3[nH]cc(S(=O)(=O)c4ccc(C(F)(F)F)cc4)c3c2)c1C(F)(F)F. The Labute approximate surface area is 207 Å². The minimum Gasteiger partial charge on any atom is -0.456 e. The Morgan fingerprint density at radius 2 is 1.39 bits per heavy atom. The molecule has 202 valence electrons. The third-order valence-corrected chi connectivity index (χ3v) is 7.20. The van der Waals surface area contributed by atoms with Crippen molar-refractivity contribution in [1.82, 2.24) is 4.98 Å². The topological polar surface area (TPSA) is 85.2 Å². The summed E-state index contributed by atoms with van der Waals surface area (Å²) in [6.07, 6.45) is -14.3. The fraction of sp³-hybridized carbons (Fsp3) is 0.130. The molecular formula is C23H13F9N2O3S. The number of nitrogen functional groups attached to an aromatic ring is 1. The third kappa shape index (κ3) is 4.97. The summed E-state index contributed by atoms with van der Waals surface area (Å²) < 4.78 is 151. The second-order valence-corrected chi connectivity index (χ2v) is 9.81. The van der Waals surface area contributed by atoms with Crippen LogP contribution in [0.5, 0.6) is 11.5 Å². The number of rotatable bonds is 4. The summed E-state index contributed by atoms with van der Waals surface area (Å²) in [6, 6.07) is 6.30. The van der Waals surface area contributed by atoms with E-state index in [1.54, 1.807) is 0 Å². The van der Waals surface area contributed by atoms with Crippen LogP contribution in [0.25, 0.3) is 10.9 Å². The van der Waals surface area contributed by atoms with E-state index in [0.29, 0.717) is 24.3 Å². The van der Waals surface area contributed by atoms with Gasteiger partial charge in [-0.1, -0.05) is 0 Å². The molecule has 3 aromatic carbocycles. The lowest BCUT2D eigenvalue weighted by Gasteiger charge is -2.20. The second-order valence-electron chi connectivity index (χ2n) is 7.89. The lowest BCUT2D eigenvalue weighted by atomic mass is 10.1. The van der Waals surface area contributed by atoms with Gasteiger partial charge < -0.3 is 15.5 Å². The minimum absolute atomic E-state index is 0.0995. The quantitative estimate of drug-likeness (QED) is 0.198. The molecule has 5 nitrogen and oxygen atoms in total. The van der Waals surface area contributed by atoms with Crippen LogP contribution in [0, 0.1) is 0 Å². The first-order valence-corrected chi connectivity index (χ1v) is 11.7. The van der Waals surface area contributed by atoms with E-state index in [0.717, 1.165) is 36.5 Å². The maximum absolute atomic E-state index is 13.6. The average molecular weight is 568 g/mol. The van der Waals surface area contributed by atoms with Gasteiger partial charge in [-0.15, -0.1) is 0 Å². The van der Waals surface area contributed by atoms with Crippen molar-refractivity contribution in [2.75, 3.05) is 5.73 Å². The van der Waals surface area contributed by atoms with Crippen LogP contribution >= 0.6 is 0 Å². The predicted octanol–water partition coefficient (Wildman–Crippen LogP) is 7.43. The fourth-order valence-corrected chi connectivity index (χ4v) is 5.07. The molecule has 0 aliphatic carbocycles. The van der Waals surface area contributed by atoms with E-state index in [1.807, 2.05) is 0 Å². The number of aromatic amines is 1. The lowest BCUT2D eigenvalue weighted by Crippen LogP contribution is -2.16. The van der Waals surface area contributed by atoms with Crippen molar-refractivity contribution in [1.29, 1.82) is 0 Å².